The van der Waals surface area contributed by atoms with Gasteiger partial charge in [0.25, 0.3) is 5.91 Å². The summed E-state index contributed by atoms with van der Waals surface area (Å²) in [7, 11) is 0. The number of amides is 2. The molecular formula is C18H20N2O3S. The second-order valence-electron chi connectivity index (χ2n) is 6.59. The Morgan fingerprint density at radius 2 is 2.04 bits per heavy atom. The number of rotatable bonds is 3. The van der Waals surface area contributed by atoms with Crippen molar-refractivity contribution in [2.45, 2.75) is 38.7 Å². The third-order valence-corrected chi connectivity index (χ3v) is 5.18. The molecule has 5 nitrogen and oxygen atoms in total. The molecule has 1 aromatic heterocycles. The Labute approximate surface area is 144 Å². The van der Waals surface area contributed by atoms with Crippen LogP contribution in [0.2, 0.25) is 0 Å². The van der Waals surface area contributed by atoms with Crippen molar-refractivity contribution in [2.24, 2.45) is 5.73 Å². The van der Waals surface area contributed by atoms with Crippen LogP contribution in [-0.4, -0.2) is 17.4 Å². The molecule has 1 aromatic carbocycles. The Bertz CT molecular complexity index is 810. The second kappa shape index (κ2) is 5.94. The molecule has 3 rings (SSSR count). The van der Waals surface area contributed by atoms with Crippen LogP contribution in [-0.2, 0) is 4.79 Å². The summed E-state index contributed by atoms with van der Waals surface area (Å²) in [6, 6.07) is 9.25. The van der Waals surface area contributed by atoms with E-state index in [1.807, 2.05) is 45.0 Å². The van der Waals surface area contributed by atoms with E-state index in [1.165, 1.54) is 11.3 Å². The Morgan fingerprint density at radius 1 is 1.33 bits per heavy atom. The van der Waals surface area contributed by atoms with Crippen LogP contribution in [0.1, 0.15) is 46.3 Å². The fraction of sp³-hybridized carbons (Fsp3) is 0.333. The number of hydrogen-bond donors (Lipinski definition) is 2. The Balaban J connectivity index is 1.89. The van der Waals surface area contributed by atoms with Gasteiger partial charge in [-0.3, -0.25) is 9.59 Å². The third-order valence-electron chi connectivity index (χ3n) is 4.11. The van der Waals surface area contributed by atoms with E-state index >= 15 is 0 Å². The quantitative estimate of drug-likeness (QED) is 0.895. The molecule has 0 radical (unpaired) electrons. The van der Waals surface area contributed by atoms with Gasteiger partial charge in [0.1, 0.15) is 11.4 Å². The minimum atomic E-state index is -0.485. The van der Waals surface area contributed by atoms with Crippen LogP contribution < -0.4 is 15.8 Å². The molecule has 24 heavy (non-hydrogen) atoms. The summed E-state index contributed by atoms with van der Waals surface area (Å²) < 4.78 is 5.97. The highest BCUT2D eigenvalue weighted by Crippen LogP contribution is 2.41. The zero-order valence-electron chi connectivity index (χ0n) is 13.9. The van der Waals surface area contributed by atoms with Gasteiger partial charge in [-0.1, -0.05) is 18.2 Å². The van der Waals surface area contributed by atoms with E-state index < -0.39 is 11.5 Å². The molecule has 0 saturated heterocycles. The van der Waals surface area contributed by atoms with Crippen LogP contribution in [0.15, 0.2) is 30.3 Å². The highest BCUT2D eigenvalue weighted by Gasteiger charge is 2.37. The van der Waals surface area contributed by atoms with Crippen molar-refractivity contribution in [3.05, 3.63) is 45.6 Å². The minimum absolute atomic E-state index is 0.101. The van der Waals surface area contributed by atoms with Gasteiger partial charge < -0.3 is 15.8 Å². The molecule has 0 spiro atoms. The highest BCUT2D eigenvalue weighted by molar-refractivity contribution is 7.14. The van der Waals surface area contributed by atoms with E-state index in [-0.39, 0.29) is 11.8 Å². The number of ether oxygens (including phenoxy) is 1. The molecule has 1 unspecified atom stereocenters. The Hall–Kier alpha value is -2.34. The zero-order chi connectivity index (χ0) is 17.5. The summed E-state index contributed by atoms with van der Waals surface area (Å²) in [5, 5.41) is 2.94. The molecule has 1 atom stereocenters. The normalized spacial score (nSPS) is 18.4. The van der Waals surface area contributed by atoms with Gasteiger partial charge in [-0.2, -0.15) is 0 Å². The molecule has 1 aliphatic heterocycles. The molecule has 0 saturated carbocycles. The standard InChI is InChI=1S/C18H20N2O3S/c1-10-13(8-15(24-10)16(19)21)20-17(22)12-9-18(2,3)23-14-7-5-4-6-11(12)14/h4-8,12H,9H2,1-3H3,(H2,19,21)(H,20,22). The van der Waals surface area contributed by atoms with Gasteiger partial charge >= 0.3 is 0 Å². The molecule has 6 heteroatoms. The lowest BCUT2D eigenvalue weighted by Gasteiger charge is -2.36. The monoisotopic (exact) mass is 344 g/mol. The summed E-state index contributed by atoms with van der Waals surface area (Å²) in [6.07, 6.45) is 0.585. The molecule has 2 amide bonds. The lowest BCUT2D eigenvalue weighted by molar-refractivity contribution is -0.119. The molecule has 126 valence electrons. The van der Waals surface area contributed by atoms with Gasteiger partial charge in [0.2, 0.25) is 5.91 Å². The van der Waals surface area contributed by atoms with Crippen molar-refractivity contribution in [3.8, 4) is 5.75 Å². The molecule has 0 aliphatic carbocycles. The van der Waals surface area contributed by atoms with Gasteiger partial charge in [0, 0.05) is 16.9 Å². The third kappa shape index (κ3) is 3.14. The summed E-state index contributed by atoms with van der Waals surface area (Å²) >= 11 is 1.28. The SMILES string of the molecule is Cc1sc(C(N)=O)cc1NC(=O)C1CC(C)(C)Oc2ccccc21. The van der Waals surface area contributed by atoms with Crippen molar-refractivity contribution in [1.29, 1.82) is 0 Å². The summed E-state index contributed by atoms with van der Waals surface area (Å²) in [5.41, 5.74) is 6.42. The number of nitrogens with one attached hydrogen (secondary N) is 1. The number of benzene rings is 1. The number of carbonyl (C=O) groups excluding carboxylic acids is 2. The number of nitrogens with two attached hydrogens (primary N) is 1. The fourth-order valence-corrected chi connectivity index (χ4v) is 3.81. The molecule has 3 N–H and O–H groups in total. The first-order valence-corrected chi connectivity index (χ1v) is 8.57. The summed E-state index contributed by atoms with van der Waals surface area (Å²) in [4.78, 5) is 25.5. The van der Waals surface area contributed by atoms with Crippen molar-refractivity contribution in [1.82, 2.24) is 0 Å². The molecule has 1 aliphatic rings. The molecule has 2 heterocycles. The average molecular weight is 344 g/mol. The van der Waals surface area contributed by atoms with E-state index in [1.54, 1.807) is 6.07 Å². The Kier molecular flexibility index (Phi) is 4.09. The van der Waals surface area contributed by atoms with E-state index in [0.29, 0.717) is 17.0 Å². The van der Waals surface area contributed by atoms with Gasteiger partial charge in [-0.15, -0.1) is 11.3 Å². The maximum Gasteiger partial charge on any atom is 0.258 e. The summed E-state index contributed by atoms with van der Waals surface area (Å²) in [6.45, 7) is 5.81. The largest absolute Gasteiger partial charge is 0.488 e. The number of thiophene rings is 1. The Morgan fingerprint density at radius 3 is 2.71 bits per heavy atom. The lowest BCUT2D eigenvalue weighted by Crippen LogP contribution is -2.38. The first-order valence-electron chi connectivity index (χ1n) is 7.76. The maximum absolute atomic E-state index is 12.9. The predicted octanol–water partition coefficient (Wildman–Crippen LogP) is 3.44. The van der Waals surface area contributed by atoms with Crippen molar-refractivity contribution in [3.63, 3.8) is 0 Å². The topological polar surface area (TPSA) is 81.4 Å². The van der Waals surface area contributed by atoms with E-state index in [4.69, 9.17) is 10.5 Å². The number of fused-ring (bicyclic) bond motifs is 1. The maximum atomic E-state index is 12.9. The minimum Gasteiger partial charge on any atom is -0.488 e. The van der Waals surface area contributed by atoms with E-state index in [0.717, 1.165) is 16.2 Å². The number of anilines is 1. The first kappa shape index (κ1) is 16.5. The van der Waals surface area contributed by atoms with E-state index in [2.05, 4.69) is 5.32 Å². The van der Waals surface area contributed by atoms with Crippen LogP contribution in [0.4, 0.5) is 5.69 Å². The number of carbonyl (C=O) groups is 2. The molecule has 0 fully saturated rings. The van der Waals surface area contributed by atoms with Crippen LogP contribution in [0.3, 0.4) is 0 Å². The summed E-state index contributed by atoms with van der Waals surface area (Å²) in [5.74, 6) is -0.146. The van der Waals surface area contributed by atoms with Crippen molar-refractivity contribution < 1.29 is 14.3 Å². The van der Waals surface area contributed by atoms with Crippen LogP contribution >= 0.6 is 11.3 Å². The molecule has 0 bridgehead atoms. The number of hydrogen-bond acceptors (Lipinski definition) is 4. The van der Waals surface area contributed by atoms with Gasteiger partial charge in [-0.25, -0.2) is 0 Å². The van der Waals surface area contributed by atoms with Gasteiger partial charge in [-0.05, 0) is 32.9 Å². The fourth-order valence-electron chi connectivity index (χ4n) is 2.98. The number of primary amides is 1. The first-order chi connectivity index (χ1) is 11.3. The van der Waals surface area contributed by atoms with E-state index in [9.17, 15) is 9.59 Å². The number of para-hydroxylation sites is 1. The second-order valence-corrected chi connectivity index (χ2v) is 7.85. The number of aryl methyl sites for hydroxylation is 1. The zero-order valence-corrected chi connectivity index (χ0v) is 14.7. The average Bonchev–Trinajstić information content (AvgIpc) is 2.87. The van der Waals surface area contributed by atoms with Gasteiger partial charge in [0.05, 0.1) is 16.5 Å². The van der Waals surface area contributed by atoms with Gasteiger partial charge in [0.15, 0.2) is 0 Å². The van der Waals surface area contributed by atoms with Crippen LogP contribution in [0.25, 0.3) is 0 Å². The van der Waals surface area contributed by atoms with Crippen molar-refractivity contribution >= 4 is 28.8 Å². The molecule has 2 aromatic rings. The lowest BCUT2D eigenvalue weighted by atomic mass is 9.84. The van der Waals surface area contributed by atoms with Crippen LogP contribution in [0.5, 0.6) is 5.75 Å². The predicted molar refractivity (Wildman–Crippen MR) is 94.7 cm³/mol. The highest BCUT2D eigenvalue weighted by atomic mass is 32.1. The molecular weight excluding hydrogens is 324 g/mol. The van der Waals surface area contributed by atoms with Crippen molar-refractivity contribution in [2.75, 3.05) is 5.32 Å². The van der Waals surface area contributed by atoms with Crippen LogP contribution in [0, 0.1) is 6.92 Å². The smallest absolute Gasteiger partial charge is 0.258 e.